The number of nitrogens with one attached hydrogen (secondary N) is 1. The van der Waals surface area contributed by atoms with Gasteiger partial charge >= 0.3 is 0 Å². The van der Waals surface area contributed by atoms with Gasteiger partial charge in [-0.25, -0.2) is 12.7 Å². The van der Waals surface area contributed by atoms with Crippen LogP contribution in [0.15, 0.2) is 0 Å². The van der Waals surface area contributed by atoms with Gasteiger partial charge in [0.15, 0.2) is 0 Å². The van der Waals surface area contributed by atoms with Gasteiger partial charge in [-0.2, -0.15) is 0 Å². The quantitative estimate of drug-likeness (QED) is 0.735. The Labute approximate surface area is 110 Å². The predicted molar refractivity (Wildman–Crippen MR) is 71.7 cm³/mol. The predicted octanol–water partition coefficient (Wildman–Crippen LogP) is 0.964. The topological polar surface area (TPSA) is 66.5 Å². The summed E-state index contributed by atoms with van der Waals surface area (Å²) in [5, 5.41) is 2.90. The smallest absolute Gasteiger partial charge is 0.224 e. The van der Waals surface area contributed by atoms with Crippen molar-refractivity contribution in [1.29, 1.82) is 0 Å². The standard InChI is InChI=1S/C12H24N2O3S/c1-3-4-5-8-13-12(15)11-7-6-9-14(10-11)18(2,16)17/h11H,3-10H2,1-2H3,(H,13,15)/t11-/m0/s1. The lowest BCUT2D eigenvalue weighted by Gasteiger charge is -2.30. The normalized spacial score (nSPS) is 21.8. The highest BCUT2D eigenvalue weighted by atomic mass is 32.2. The van der Waals surface area contributed by atoms with Crippen molar-refractivity contribution in [1.82, 2.24) is 9.62 Å². The maximum Gasteiger partial charge on any atom is 0.224 e. The third-order valence-corrected chi connectivity index (χ3v) is 4.57. The van der Waals surface area contributed by atoms with E-state index in [4.69, 9.17) is 0 Å². The molecular formula is C12H24N2O3S. The molecule has 18 heavy (non-hydrogen) atoms. The minimum atomic E-state index is -3.17. The molecule has 5 nitrogen and oxygen atoms in total. The molecule has 0 saturated carbocycles. The highest BCUT2D eigenvalue weighted by Crippen LogP contribution is 2.18. The minimum absolute atomic E-state index is 0.000506. The zero-order valence-corrected chi connectivity index (χ0v) is 12.1. The summed E-state index contributed by atoms with van der Waals surface area (Å²) < 4.78 is 24.3. The monoisotopic (exact) mass is 276 g/mol. The van der Waals surface area contributed by atoms with Gasteiger partial charge in [0.2, 0.25) is 15.9 Å². The summed E-state index contributed by atoms with van der Waals surface area (Å²) in [6.45, 7) is 3.69. The molecule has 1 heterocycles. The summed E-state index contributed by atoms with van der Waals surface area (Å²) in [6.07, 6.45) is 5.98. The van der Waals surface area contributed by atoms with Gasteiger partial charge in [-0.05, 0) is 19.3 Å². The van der Waals surface area contributed by atoms with Crippen molar-refractivity contribution >= 4 is 15.9 Å². The van der Waals surface area contributed by atoms with Crippen LogP contribution in [0.2, 0.25) is 0 Å². The van der Waals surface area contributed by atoms with E-state index in [2.05, 4.69) is 12.2 Å². The summed E-state index contributed by atoms with van der Waals surface area (Å²) in [5.41, 5.74) is 0. The van der Waals surface area contributed by atoms with Gasteiger partial charge in [0.25, 0.3) is 0 Å². The van der Waals surface area contributed by atoms with Gasteiger partial charge < -0.3 is 5.32 Å². The summed E-state index contributed by atoms with van der Waals surface area (Å²) in [7, 11) is -3.17. The number of nitrogens with zero attached hydrogens (tertiary/aromatic N) is 1. The Hall–Kier alpha value is -0.620. The fourth-order valence-corrected chi connectivity index (χ4v) is 3.10. The molecule has 106 valence electrons. The molecule has 1 aliphatic rings. The number of hydrogen-bond donors (Lipinski definition) is 1. The van der Waals surface area contributed by atoms with Gasteiger partial charge in [-0.3, -0.25) is 4.79 Å². The van der Waals surface area contributed by atoms with Crippen LogP contribution >= 0.6 is 0 Å². The van der Waals surface area contributed by atoms with Crippen LogP contribution in [0, 0.1) is 5.92 Å². The van der Waals surface area contributed by atoms with Crippen LogP contribution in [0.25, 0.3) is 0 Å². The molecule has 0 aromatic heterocycles. The molecule has 1 atom stereocenters. The fourth-order valence-electron chi connectivity index (χ4n) is 2.19. The molecule has 0 aromatic carbocycles. The molecule has 0 radical (unpaired) electrons. The van der Waals surface area contributed by atoms with E-state index in [0.29, 0.717) is 19.6 Å². The number of unbranched alkanes of at least 4 members (excludes halogenated alkanes) is 2. The number of amides is 1. The molecule has 6 heteroatoms. The summed E-state index contributed by atoms with van der Waals surface area (Å²) >= 11 is 0. The van der Waals surface area contributed by atoms with Crippen molar-refractivity contribution in [3.63, 3.8) is 0 Å². The lowest BCUT2D eigenvalue weighted by Crippen LogP contribution is -2.45. The highest BCUT2D eigenvalue weighted by Gasteiger charge is 2.29. The third kappa shape index (κ3) is 4.94. The first-order valence-electron chi connectivity index (χ1n) is 6.68. The van der Waals surface area contributed by atoms with E-state index in [9.17, 15) is 13.2 Å². The second kappa shape index (κ2) is 7.09. The van der Waals surface area contributed by atoms with Crippen LogP contribution in [0.3, 0.4) is 0 Å². The fraction of sp³-hybridized carbons (Fsp3) is 0.917. The van der Waals surface area contributed by atoms with Crippen molar-refractivity contribution in [3.8, 4) is 0 Å². The summed E-state index contributed by atoms with van der Waals surface area (Å²) in [6, 6.07) is 0. The number of hydrogen-bond acceptors (Lipinski definition) is 3. The average Bonchev–Trinajstić information content (AvgIpc) is 2.33. The Morgan fingerprint density at radius 3 is 2.72 bits per heavy atom. The summed E-state index contributed by atoms with van der Waals surface area (Å²) in [5.74, 6) is -0.186. The zero-order valence-electron chi connectivity index (χ0n) is 11.3. The largest absolute Gasteiger partial charge is 0.356 e. The van der Waals surface area contributed by atoms with Gasteiger partial charge in [0.1, 0.15) is 0 Å². The summed E-state index contributed by atoms with van der Waals surface area (Å²) in [4.78, 5) is 11.9. The van der Waals surface area contributed by atoms with Crippen LogP contribution < -0.4 is 5.32 Å². The van der Waals surface area contributed by atoms with Crippen LogP contribution in [0.1, 0.15) is 39.0 Å². The van der Waals surface area contributed by atoms with E-state index >= 15 is 0 Å². The van der Waals surface area contributed by atoms with Crippen molar-refractivity contribution < 1.29 is 13.2 Å². The maximum absolute atomic E-state index is 11.9. The maximum atomic E-state index is 11.9. The molecule has 0 aromatic rings. The molecule has 1 aliphatic heterocycles. The SMILES string of the molecule is CCCCCNC(=O)[C@H]1CCCN(S(C)(=O)=O)C1. The average molecular weight is 276 g/mol. The number of rotatable bonds is 6. The Bertz CT molecular complexity index is 368. The van der Waals surface area contributed by atoms with E-state index in [-0.39, 0.29) is 11.8 Å². The molecule has 0 bridgehead atoms. The zero-order chi connectivity index (χ0) is 13.6. The van der Waals surface area contributed by atoms with Crippen LogP contribution in [0.5, 0.6) is 0 Å². The van der Waals surface area contributed by atoms with Gasteiger partial charge in [-0.15, -0.1) is 0 Å². The number of sulfonamides is 1. The van der Waals surface area contributed by atoms with Crippen molar-refractivity contribution in [2.45, 2.75) is 39.0 Å². The minimum Gasteiger partial charge on any atom is -0.356 e. The molecule has 1 amide bonds. The van der Waals surface area contributed by atoms with E-state index in [1.165, 1.54) is 10.6 Å². The second-order valence-corrected chi connectivity index (χ2v) is 6.94. The molecule has 0 spiro atoms. The molecule has 1 fully saturated rings. The van der Waals surface area contributed by atoms with Crippen LogP contribution in [-0.4, -0.2) is 44.5 Å². The number of carbonyl (C=O) groups excluding carboxylic acids is 1. The molecule has 1 N–H and O–H groups in total. The lowest BCUT2D eigenvalue weighted by molar-refractivity contribution is -0.126. The molecular weight excluding hydrogens is 252 g/mol. The van der Waals surface area contributed by atoms with Crippen molar-refractivity contribution in [3.05, 3.63) is 0 Å². The van der Waals surface area contributed by atoms with Crippen molar-refractivity contribution in [2.75, 3.05) is 25.9 Å². The number of piperidine rings is 1. The van der Waals surface area contributed by atoms with Gasteiger partial charge in [-0.1, -0.05) is 19.8 Å². The van der Waals surface area contributed by atoms with Crippen LogP contribution in [-0.2, 0) is 14.8 Å². The van der Waals surface area contributed by atoms with Crippen molar-refractivity contribution in [2.24, 2.45) is 5.92 Å². The first-order valence-corrected chi connectivity index (χ1v) is 8.52. The van der Waals surface area contributed by atoms with E-state index in [0.717, 1.165) is 32.1 Å². The Morgan fingerprint density at radius 2 is 2.11 bits per heavy atom. The molecule has 0 aliphatic carbocycles. The molecule has 0 unspecified atom stereocenters. The Balaban J connectivity index is 2.39. The first kappa shape index (κ1) is 15.4. The van der Waals surface area contributed by atoms with Gasteiger partial charge in [0, 0.05) is 19.6 Å². The van der Waals surface area contributed by atoms with E-state index in [1.807, 2.05) is 0 Å². The van der Waals surface area contributed by atoms with E-state index in [1.54, 1.807) is 0 Å². The second-order valence-electron chi connectivity index (χ2n) is 4.96. The third-order valence-electron chi connectivity index (χ3n) is 3.30. The Morgan fingerprint density at radius 1 is 1.39 bits per heavy atom. The molecule has 1 saturated heterocycles. The Kier molecular flexibility index (Phi) is 6.08. The molecule has 1 rings (SSSR count). The number of carbonyl (C=O) groups is 1. The first-order chi connectivity index (χ1) is 8.45. The lowest BCUT2D eigenvalue weighted by atomic mass is 9.99. The highest BCUT2D eigenvalue weighted by molar-refractivity contribution is 7.88. The van der Waals surface area contributed by atoms with E-state index < -0.39 is 10.0 Å². The van der Waals surface area contributed by atoms with Gasteiger partial charge in [0.05, 0.1) is 12.2 Å². The van der Waals surface area contributed by atoms with Crippen LogP contribution in [0.4, 0.5) is 0 Å².